The number of thioether (sulfide) groups is 1. The average Bonchev–Trinajstić information content (AvgIpc) is 2.56. The van der Waals surface area contributed by atoms with E-state index in [1.165, 1.54) is 18.7 Å². The van der Waals surface area contributed by atoms with E-state index in [-0.39, 0.29) is 17.1 Å². The van der Waals surface area contributed by atoms with Crippen molar-refractivity contribution in [2.45, 2.75) is 43.8 Å². The Morgan fingerprint density at radius 1 is 0.920 bits per heavy atom. The minimum absolute atomic E-state index is 0.0240. The van der Waals surface area contributed by atoms with Crippen molar-refractivity contribution in [3.05, 3.63) is 54.1 Å². The molecule has 1 atom stereocenters. The lowest BCUT2D eigenvalue weighted by molar-refractivity contribution is -0.115. The van der Waals surface area contributed by atoms with Crippen molar-refractivity contribution in [1.82, 2.24) is 0 Å². The maximum atomic E-state index is 12.5. The summed E-state index contributed by atoms with van der Waals surface area (Å²) >= 11 is 1.49. The Morgan fingerprint density at radius 3 is 2.16 bits per heavy atom. The minimum atomic E-state index is -0.230. The van der Waals surface area contributed by atoms with Gasteiger partial charge in [0.1, 0.15) is 0 Å². The zero-order valence-electron chi connectivity index (χ0n) is 15.0. The van der Waals surface area contributed by atoms with Gasteiger partial charge in [-0.1, -0.05) is 32.0 Å². The van der Waals surface area contributed by atoms with Crippen molar-refractivity contribution in [2.24, 2.45) is 0 Å². The normalized spacial score (nSPS) is 11.9. The van der Waals surface area contributed by atoms with Crippen LogP contribution in [0, 0.1) is 0 Å². The van der Waals surface area contributed by atoms with Crippen molar-refractivity contribution < 1.29 is 9.59 Å². The molecule has 0 radical (unpaired) electrons. The van der Waals surface area contributed by atoms with Crippen molar-refractivity contribution >= 4 is 35.0 Å². The largest absolute Gasteiger partial charge is 0.326 e. The Bertz CT molecular complexity index is 742. The molecule has 0 aliphatic carbocycles. The van der Waals surface area contributed by atoms with Gasteiger partial charge in [-0.25, -0.2) is 0 Å². The zero-order chi connectivity index (χ0) is 18.4. The maximum absolute atomic E-state index is 12.5. The van der Waals surface area contributed by atoms with Crippen LogP contribution in [0.1, 0.15) is 39.2 Å². The first-order valence-electron chi connectivity index (χ1n) is 8.31. The highest BCUT2D eigenvalue weighted by Crippen LogP contribution is 2.28. The number of hydrogen-bond acceptors (Lipinski definition) is 3. The molecule has 2 aromatic rings. The molecule has 0 fully saturated rings. The molecule has 0 spiro atoms. The van der Waals surface area contributed by atoms with Crippen LogP contribution in [-0.2, 0) is 9.59 Å². The van der Waals surface area contributed by atoms with Crippen molar-refractivity contribution in [3.63, 3.8) is 0 Å². The molecule has 2 rings (SSSR count). The van der Waals surface area contributed by atoms with Gasteiger partial charge in [0.15, 0.2) is 0 Å². The van der Waals surface area contributed by atoms with Crippen LogP contribution in [0.5, 0.6) is 0 Å². The van der Waals surface area contributed by atoms with E-state index in [1.54, 1.807) is 0 Å². The number of anilines is 2. The number of hydrogen-bond donors (Lipinski definition) is 2. The summed E-state index contributed by atoms with van der Waals surface area (Å²) in [7, 11) is 0. The van der Waals surface area contributed by atoms with E-state index >= 15 is 0 Å². The summed E-state index contributed by atoms with van der Waals surface area (Å²) in [4.78, 5) is 24.5. The number of carbonyl (C=O) groups excluding carboxylic acids is 2. The first-order valence-corrected chi connectivity index (χ1v) is 9.19. The number of nitrogens with one attached hydrogen (secondary N) is 2. The van der Waals surface area contributed by atoms with Crippen LogP contribution < -0.4 is 10.6 Å². The summed E-state index contributed by atoms with van der Waals surface area (Å²) < 4.78 is 0. The van der Waals surface area contributed by atoms with Gasteiger partial charge in [-0.2, -0.15) is 0 Å². The molecule has 2 aromatic carbocycles. The second-order valence-electron chi connectivity index (χ2n) is 6.20. The molecule has 132 valence electrons. The number of amides is 2. The Hall–Kier alpha value is -2.27. The van der Waals surface area contributed by atoms with Crippen molar-refractivity contribution in [2.75, 3.05) is 10.6 Å². The molecule has 2 amide bonds. The van der Waals surface area contributed by atoms with Gasteiger partial charge in [-0.3, -0.25) is 9.59 Å². The average molecular weight is 356 g/mol. The molecule has 0 bridgehead atoms. The third-order valence-corrected chi connectivity index (χ3v) is 4.81. The molecule has 25 heavy (non-hydrogen) atoms. The lowest BCUT2D eigenvalue weighted by Crippen LogP contribution is -2.23. The summed E-state index contributed by atoms with van der Waals surface area (Å²) in [6.45, 7) is 7.59. The van der Waals surface area contributed by atoms with E-state index in [9.17, 15) is 9.59 Å². The number of rotatable bonds is 6. The summed E-state index contributed by atoms with van der Waals surface area (Å²) in [6, 6.07) is 15.4. The molecule has 0 aliphatic heterocycles. The van der Waals surface area contributed by atoms with Crippen LogP contribution in [0.25, 0.3) is 0 Å². The maximum Gasteiger partial charge on any atom is 0.237 e. The molecule has 0 heterocycles. The third-order valence-electron chi connectivity index (χ3n) is 3.70. The third kappa shape index (κ3) is 5.64. The van der Waals surface area contributed by atoms with E-state index < -0.39 is 0 Å². The highest BCUT2D eigenvalue weighted by atomic mass is 32.2. The summed E-state index contributed by atoms with van der Waals surface area (Å²) in [5, 5.41) is 5.53. The molecule has 0 saturated heterocycles. The predicted octanol–water partition coefficient (Wildman–Crippen LogP) is 4.89. The monoisotopic (exact) mass is 356 g/mol. The quantitative estimate of drug-likeness (QED) is 0.725. The van der Waals surface area contributed by atoms with Gasteiger partial charge in [0.25, 0.3) is 0 Å². The van der Waals surface area contributed by atoms with Gasteiger partial charge in [-0.15, -0.1) is 11.8 Å². The fraction of sp³-hybridized carbons (Fsp3) is 0.300. The first kappa shape index (κ1) is 19.1. The van der Waals surface area contributed by atoms with Crippen LogP contribution in [0.15, 0.2) is 53.4 Å². The molecule has 0 aromatic heterocycles. The van der Waals surface area contributed by atoms with Crippen LogP contribution in [0.3, 0.4) is 0 Å². The smallest absolute Gasteiger partial charge is 0.237 e. The van der Waals surface area contributed by atoms with Crippen LogP contribution in [-0.4, -0.2) is 17.1 Å². The lowest BCUT2D eigenvalue weighted by atomic mass is 10.0. The van der Waals surface area contributed by atoms with Crippen molar-refractivity contribution in [3.8, 4) is 0 Å². The van der Waals surface area contributed by atoms with Crippen LogP contribution in [0.4, 0.5) is 11.4 Å². The van der Waals surface area contributed by atoms with E-state index in [1.807, 2.05) is 55.5 Å². The standard InChI is InChI=1S/C20H24N2O2S/c1-13(2)18-7-5-6-8-19(18)22-20(24)14(3)25-17-11-9-16(10-12-17)21-15(4)23/h5-14H,1-4H3,(H,21,23)(H,22,24)/t14-/m0/s1. The van der Waals surface area contributed by atoms with Gasteiger partial charge in [0.05, 0.1) is 5.25 Å². The second-order valence-corrected chi connectivity index (χ2v) is 7.61. The SMILES string of the molecule is CC(=O)Nc1ccc(S[C@@H](C)C(=O)Nc2ccccc2C(C)C)cc1. The van der Waals surface area contributed by atoms with Crippen molar-refractivity contribution in [1.29, 1.82) is 0 Å². The topological polar surface area (TPSA) is 58.2 Å². The molecule has 2 N–H and O–H groups in total. The number of para-hydroxylation sites is 1. The van der Waals surface area contributed by atoms with E-state index in [2.05, 4.69) is 24.5 Å². The molecular weight excluding hydrogens is 332 g/mol. The van der Waals surface area contributed by atoms with E-state index in [0.29, 0.717) is 5.92 Å². The molecule has 4 nitrogen and oxygen atoms in total. The van der Waals surface area contributed by atoms with Crippen LogP contribution in [0.2, 0.25) is 0 Å². The molecule has 0 saturated carbocycles. The summed E-state index contributed by atoms with van der Waals surface area (Å²) in [5.41, 5.74) is 2.75. The zero-order valence-corrected chi connectivity index (χ0v) is 15.8. The molecule has 0 aliphatic rings. The second kappa shape index (κ2) is 8.72. The van der Waals surface area contributed by atoms with Gasteiger partial charge < -0.3 is 10.6 Å². The van der Waals surface area contributed by atoms with Crippen LogP contribution >= 0.6 is 11.8 Å². The Kier molecular flexibility index (Phi) is 6.65. The number of benzene rings is 2. The molecule has 0 unspecified atom stereocenters. The Balaban J connectivity index is 2.00. The predicted molar refractivity (Wildman–Crippen MR) is 105 cm³/mol. The Labute approximate surface area is 153 Å². The fourth-order valence-electron chi connectivity index (χ4n) is 2.43. The molecule has 5 heteroatoms. The first-order chi connectivity index (χ1) is 11.9. The minimum Gasteiger partial charge on any atom is -0.326 e. The fourth-order valence-corrected chi connectivity index (χ4v) is 3.29. The van der Waals surface area contributed by atoms with Gasteiger partial charge >= 0.3 is 0 Å². The highest BCUT2D eigenvalue weighted by Gasteiger charge is 2.16. The summed E-state index contributed by atoms with van der Waals surface area (Å²) in [5.74, 6) is 0.224. The van der Waals surface area contributed by atoms with E-state index in [0.717, 1.165) is 21.8 Å². The number of carbonyl (C=O) groups is 2. The summed E-state index contributed by atoms with van der Waals surface area (Å²) in [6.07, 6.45) is 0. The van der Waals surface area contributed by atoms with Gasteiger partial charge in [0.2, 0.25) is 11.8 Å². The lowest BCUT2D eigenvalue weighted by Gasteiger charge is -2.16. The van der Waals surface area contributed by atoms with E-state index in [4.69, 9.17) is 0 Å². The van der Waals surface area contributed by atoms with Gasteiger partial charge in [0, 0.05) is 23.2 Å². The molecular formula is C20H24N2O2S. The van der Waals surface area contributed by atoms with Gasteiger partial charge in [-0.05, 0) is 48.7 Å². The Morgan fingerprint density at radius 2 is 1.56 bits per heavy atom. The highest BCUT2D eigenvalue weighted by molar-refractivity contribution is 8.00.